The number of hydrogen-bond acceptors (Lipinski definition) is 5. The standard InChI is InChI=1S/C6H4O5.C3H8O2/c7-5(8)3-1-2-11-4(3)6(9)10;1-3(5)2-4/h1-2H,(H,7,8)(H,9,10);3-5H,2H2,1H3. The van der Waals surface area contributed by atoms with E-state index in [1.54, 1.807) is 0 Å². The second-order valence-corrected chi connectivity index (χ2v) is 2.81. The van der Waals surface area contributed by atoms with E-state index in [1.807, 2.05) is 0 Å². The van der Waals surface area contributed by atoms with E-state index in [9.17, 15) is 9.59 Å². The Morgan fingerprint density at radius 2 is 1.88 bits per heavy atom. The number of carboxylic acid groups (broad SMARTS) is 2. The van der Waals surface area contributed by atoms with E-state index in [1.165, 1.54) is 6.92 Å². The Labute approximate surface area is 90.6 Å². The molecule has 4 N–H and O–H groups in total. The lowest BCUT2D eigenvalue weighted by molar-refractivity contribution is 0.0626. The third-order valence-corrected chi connectivity index (χ3v) is 1.35. The molecule has 0 aliphatic rings. The van der Waals surface area contributed by atoms with Crippen molar-refractivity contribution in [3.63, 3.8) is 0 Å². The zero-order valence-electron chi connectivity index (χ0n) is 8.45. The summed E-state index contributed by atoms with van der Waals surface area (Å²) in [5.41, 5.74) is -0.336. The molecular formula is C9H12O7. The second-order valence-electron chi connectivity index (χ2n) is 2.81. The van der Waals surface area contributed by atoms with Crippen molar-refractivity contribution in [3.8, 4) is 0 Å². The van der Waals surface area contributed by atoms with Crippen LogP contribution in [0.25, 0.3) is 0 Å². The lowest BCUT2D eigenvalue weighted by Crippen LogP contribution is -2.03. The molecule has 1 heterocycles. The van der Waals surface area contributed by atoms with Crippen LogP contribution in [0.1, 0.15) is 27.8 Å². The predicted molar refractivity (Wildman–Crippen MR) is 51.4 cm³/mol. The summed E-state index contributed by atoms with van der Waals surface area (Å²) >= 11 is 0. The highest BCUT2D eigenvalue weighted by Crippen LogP contribution is 2.09. The van der Waals surface area contributed by atoms with Crippen LogP contribution in [0.4, 0.5) is 0 Å². The van der Waals surface area contributed by atoms with Gasteiger partial charge in [0, 0.05) is 0 Å². The van der Waals surface area contributed by atoms with Crippen molar-refractivity contribution in [1.82, 2.24) is 0 Å². The maximum Gasteiger partial charge on any atom is 0.372 e. The number of aliphatic hydroxyl groups excluding tert-OH is 2. The number of aliphatic hydroxyl groups is 2. The van der Waals surface area contributed by atoms with Gasteiger partial charge in [-0.15, -0.1) is 0 Å². The molecule has 1 unspecified atom stereocenters. The lowest BCUT2D eigenvalue weighted by atomic mass is 10.2. The van der Waals surface area contributed by atoms with Crippen LogP contribution in [0, 0.1) is 0 Å². The molecule has 1 aromatic rings. The first-order valence-corrected chi connectivity index (χ1v) is 4.23. The van der Waals surface area contributed by atoms with E-state index in [0.29, 0.717) is 0 Å². The maximum atomic E-state index is 10.3. The third kappa shape index (κ3) is 4.58. The first-order valence-electron chi connectivity index (χ1n) is 4.23. The summed E-state index contributed by atoms with van der Waals surface area (Å²) in [6.07, 6.45) is 0.461. The van der Waals surface area contributed by atoms with Crippen LogP contribution in [-0.4, -0.2) is 45.1 Å². The predicted octanol–water partition coefficient (Wildman–Crippen LogP) is 0.0355. The van der Waals surface area contributed by atoms with Gasteiger partial charge >= 0.3 is 11.9 Å². The van der Waals surface area contributed by atoms with Gasteiger partial charge in [-0.25, -0.2) is 9.59 Å². The molecule has 90 valence electrons. The van der Waals surface area contributed by atoms with E-state index in [0.717, 1.165) is 12.3 Å². The summed E-state index contributed by atoms with van der Waals surface area (Å²) in [6.45, 7) is 1.39. The van der Waals surface area contributed by atoms with Crippen molar-refractivity contribution in [3.05, 3.63) is 23.7 Å². The largest absolute Gasteiger partial charge is 0.478 e. The van der Waals surface area contributed by atoms with Gasteiger partial charge in [0.1, 0.15) is 5.56 Å². The summed E-state index contributed by atoms with van der Waals surface area (Å²) < 4.78 is 4.41. The zero-order chi connectivity index (χ0) is 12.7. The second kappa shape index (κ2) is 6.59. The summed E-state index contributed by atoms with van der Waals surface area (Å²) in [5, 5.41) is 32.7. The van der Waals surface area contributed by atoms with Gasteiger partial charge in [-0.3, -0.25) is 0 Å². The Hall–Kier alpha value is -1.86. The van der Waals surface area contributed by atoms with Gasteiger partial charge in [0.2, 0.25) is 5.76 Å². The SMILES string of the molecule is CC(O)CO.O=C(O)c1ccoc1C(=O)O. The molecule has 0 radical (unpaired) electrons. The van der Waals surface area contributed by atoms with Crippen LogP contribution in [0.5, 0.6) is 0 Å². The molecule has 1 atom stereocenters. The van der Waals surface area contributed by atoms with Crippen molar-refractivity contribution in [2.45, 2.75) is 13.0 Å². The van der Waals surface area contributed by atoms with Crippen LogP contribution in [0.3, 0.4) is 0 Å². The highest BCUT2D eigenvalue weighted by molar-refractivity contribution is 5.99. The molecule has 0 aromatic carbocycles. The van der Waals surface area contributed by atoms with Gasteiger partial charge in [0.25, 0.3) is 0 Å². The molecule has 1 aromatic heterocycles. The molecule has 0 saturated heterocycles. The minimum Gasteiger partial charge on any atom is -0.478 e. The highest BCUT2D eigenvalue weighted by atomic mass is 16.4. The van der Waals surface area contributed by atoms with Gasteiger partial charge in [0.05, 0.1) is 19.0 Å². The number of furan rings is 1. The Kier molecular flexibility index (Phi) is 5.83. The molecule has 7 heteroatoms. The summed E-state index contributed by atoms with van der Waals surface area (Å²) in [6, 6.07) is 1.09. The number of carboxylic acids is 2. The van der Waals surface area contributed by atoms with Crippen LogP contribution < -0.4 is 0 Å². The first kappa shape index (κ1) is 14.1. The molecule has 16 heavy (non-hydrogen) atoms. The molecule has 1 rings (SSSR count). The Morgan fingerprint density at radius 3 is 2.12 bits per heavy atom. The molecule has 0 aliphatic heterocycles. The molecule has 0 spiro atoms. The fraction of sp³-hybridized carbons (Fsp3) is 0.333. The number of aromatic carboxylic acids is 2. The minimum atomic E-state index is -1.38. The summed E-state index contributed by atoms with van der Waals surface area (Å²) in [4.78, 5) is 20.5. The van der Waals surface area contributed by atoms with Gasteiger partial charge in [-0.05, 0) is 13.0 Å². The Bertz CT molecular complexity index is 324. The van der Waals surface area contributed by atoms with Crippen LogP contribution in [0.15, 0.2) is 16.7 Å². The lowest BCUT2D eigenvalue weighted by Gasteiger charge is -1.90. The molecule has 0 amide bonds. The molecule has 0 fully saturated rings. The number of rotatable bonds is 3. The monoisotopic (exact) mass is 232 g/mol. The van der Waals surface area contributed by atoms with E-state index >= 15 is 0 Å². The average molecular weight is 232 g/mol. The van der Waals surface area contributed by atoms with Crippen molar-refractivity contribution < 1.29 is 34.4 Å². The maximum absolute atomic E-state index is 10.3. The first-order chi connectivity index (χ1) is 7.40. The van der Waals surface area contributed by atoms with E-state index in [2.05, 4.69) is 4.42 Å². The summed E-state index contributed by atoms with van der Waals surface area (Å²) in [7, 11) is 0. The molecule has 0 aliphatic carbocycles. The molecule has 0 bridgehead atoms. The zero-order valence-corrected chi connectivity index (χ0v) is 8.45. The van der Waals surface area contributed by atoms with Crippen LogP contribution >= 0.6 is 0 Å². The van der Waals surface area contributed by atoms with E-state index in [-0.39, 0.29) is 12.2 Å². The van der Waals surface area contributed by atoms with Gasteiger partial charge in [-0.1, -0.05) is 0 Å². The molecule has 7 nitrogen and oxygen atoms in total. The normalized spacial score (nSPS) is 11.2. The van der Waals surface area contributed by atoms with Crippen molar-refractivity contribution in [2.24, 2.45) is 0 Å². The van der Waals surface area contributed by atoms with Crippen molar-refractivity contribution in [2.75, 3.05) is 6.61 Å². The van der Waals surface area contributed by atoms with E-state index < -0.39 is 23.8 Å². The molecule has 0 saturated carbocycles. The fourth-order valence-corrected chi connectivity index (χ4v) is 0.643. The quantitative estimate of drug-likeness (QED) is 0.578. The summed E-state index contributed by atoms with van der Waals surface area (Å²) in [5.74, 6) is -3.24. The van der Waals surface area contributed by atoms with E-state index in [4.69, 9.17) is 20.4 Å². The smallest absolute Gasteiger partial charge is 0.372 e. The number of hydrogen-bond donors (Lipinski definition) is 4. The van der Waals surface area contributed by atoms with Gasteiger partial charge in [0.15, 0.2) is 0 Å². The van der Waals surface area contributed by atoms with Crippen molar-refractivity contribution >= 4 is 11.9 Å². The van der Waals surface area contributed by atoms with Crippen LogP contribution in [0.2, 0.25) is 0 Å². The topological polar surface area (TPSA) is 128 Å². The Balaban J connectivity index is 0.000000385. The molecular weight excluding hydrogens is 220 g/mol. The highest BCUT2D eigenvalue weighted by Gasteiger charge is 2.18. The average Bonchev–Trinajstić information content (AvgIpc) is 2.67. The third-order valence-electron chi connectivity index (χ3n) is 1.35. The van der Waals surface area contributed by atoms with Crippen LogP contribution in [-0.2, 0) is 0 Å². The Morgan fingerprint density at radius 1 is 1.38 bits per heavy atom. The fourth-order valence-electron chi connectivity index (χ4n) is 0.643. The number of carbonyl (C=O) groups is 2. The van der Waals surface area contributed by atoms with Gasteiger partial charge < -0.3 is 24.8 Å². The van der Waals surface area contributed by atoms with Crippen molar-refractivity contribution in [1.29, 1.82) is 0 Å². The minimum absolute atomic E-state index is 0.139. The van der Waals surface area contributed by atoms with Gasteiger partial charge in [-0.2, -0.15) is 0 Å².